The molecule has 19 heavy (non-hydrogen) atoms. The minimum atomic E-state index is -0.212. The van der Waals surface area contributed by atoms with Gasteiger partial charge in [-0.15, -0.1) is 0 Å². The summed E-state index contributed by atoms with van der Waals surface area (Å²) in [4.78, 5) is 4.34. The van der Waals surface area contributed by atoms with Crippen LogP contribution in [0, 0.1) is 5.82 Å². The van der Waals surface area contributed by atoms with Crippen molar-refractivity contribution in [2.75, 3.05) is 7.05 Å². The van der Waals surface area contributed by atoms with E-state index in [1.165, 1.54) is 0 Å². The molecule has 0 amide bonds. The van der Waals surface area contributed by atoms with E-state index in [1.807, 2.05) is 19.3 Å². The van der Waals surface area contributed by atoms with Crippen LogP contribution >= 0.6 is 15.9 Å². The molecule has 1 atom stereocenters. The van der Waals surface area contributed by atoms with Crippen LogP contribution in [0.2, 0.25) is 0 Å². The molecule has 0 aliphatic carbocycles. The Hall–Kier alpha value is -1.20. The summed E-state index contributed by atoms with van der Waals surface area (Å²) in [6.07, 6.45) is 4.38. The summed E-state index contributed by atoms with van der Waals surface area (Å²) in [5.74, 6) is 0.748. The Balaban J connectivity index is 2.28. The van der Waals surface area contributed by atoms with Crippen LogP contribution in [0.25, 0.3) is 0 Å². The first kappa shape index (κ1) is 14.2. The zero-order valence-corrected chi connectivity index (χ0v) is 12.6. The lowest BCUT2D eigenvalue weighted by atomic mass is 10.0. The number of benzene rings is 1. The number of hydrogen-bond donors (Lipinski definition) is 1. The molecule has 0 bridgehead atoms. The van der Waals surface area contributed by atoms with Gasteiger partial charge in [0.05, 0.1) is 4.47 Å². The predicted molar refractivity (Wildman–Crippen MR) is 77.5 cm³/mol. The number of likely N-dealkylation sites (N-methyl/N-ethyl adjacent to an activating group) is 1. The molecule has 0 aliphatic rings. The Bertz CT molecular complexity index is 553. The normalized spacial score (nSPS) is 12.6. The number of aromatic nitrogens is 2. The van der Waals surface area contributed by atoms with Gasteiger partial charge in [0, 0.05) is 37.0 Å². The number of halogens is 2. The van der Waals surface area contributed by atoms with Crippen molar-refractivity contribution >= 4 is 15.9 Å². The predicted octanol–water partition coefficient (Wildman–Crippen LogP) is 3.31. The minimum absolute atomic E-state index is 0.0924. The quantitative estimate of drug-likeness (QED) is 0.914. The summed E-state index contributed by atoms with van der Waals surface area (Å²) in [5.41, 5.74) is 0.655. The fraction of sp³-hybridized carbons (Fsp3) is 0.357. The van der Waals surface area contributed by atoms with Crippen molar-refractivity contribution in [1.82, 2.24) is 14.9 Å². The van der Waals surface area contributed by atoms with Crippen LogP contribution in [0.1, 0.15) is 24.4 Å². The van der Waals surface area contributed by atoms with Gasteiger partial charge in [0.25, 0.3) is 0 Å². The summed E-state index contributed by atoms with van der Waals surface area (Å²) >= 11 is 3.23. The van der Waals surface area contributed by atoms with Gasteiger partial charge in [0.15, 0.2) is 0 Å². The lowest BCUT2D eigenvalue weighted by Crippen LogP contribution is -2.22. The van der Waals surface area contributed by atoms with Gasteiger partial charge in [-0.3, -0.25) is 0 Å². The van der Waals surface area contributed by atoms with Crippen LogP contribution in [-0.2, 0) is 13.0 Å². The van der Waals surface area contributed by atoms with Crippen molar-refractivity contribution in [3.63, 3.8) is 0 Å². The third-order valence-electron chi connectivity index (χ3n) is 3.23. The third-order valence-corrected chi connectivity index (χ3v) is 3.85. The monoisotopic (exact) mass is 325 g/mol. The molecule has 0 aliphatic heterocycles. The molecule has 1 unspecified atom stereocenters. The highest BCUT2D eigenvalue weighted by molar-refractivity contribution is 9.10. The maximum Gasteiger partial charge on any atom is 0.142 e. The lowest BCUT2D eigenvalue weighted by molar-refractivity contribution is 0.512. The highest BCUT2D eigenvalue weighted by Crippen LogP contribution is 2.25. The molecular formula is C14H17BrFN3. The topological polar surface area (TPSA) is 29.9 Å². The van der Waals surface area contributed by atoms with Crippen molar-refractivity contribution in [3.8, 4) is 0 Å². The van der Waals surface area contributed by atoms with Crippen molar-refractivity contribution in [2.45, 2.75) is 25.9 Å². The van der Waals surface area contributed by atoms with Gasteiger partial charge in [-0.1, -0.05) is 12.1 Å². The number of nitrogens with one attached hydrogen (secondary N) is 1. The zero-order valence-electron chi connectivity index (χ0n) is 11.0. The van der Waals surface area contributed by atoms with E-state index < -0.39 is 0 Å². The van der Waals surface area contributed by atoms with E-state index in [0.29, 0.717) is 16.5 Å². The smallest absolute Gasteiger partial charge is 0.142 e. The van der Waals surface area contributed by atoms with Crippen LogP contribution in [0.3, 0.4) is 0 Å². The van der Waals surface area contributed by atoms with Gasteiger partial charge in [0.2, 0.25) is 0 Å². The van der Waals surface area contributed by atoms with E-state index in [0.717, 1.165) is 12.4 Å². The molecule has 1 heterocycles. The van der Waals surface area contributed by atoms with Crippen LogP contribution in [0.15, 0.2) is 35.1 Å². The number of aryl methyl sites for hydroxylation is 1. The van der Waals surface area contributed by atoms with Gasteiger partial charge in [0.1, 0.15) is 11.6 Å². The molecule has 1 N–H and O–H groups in total. The largest absolute Gasteiger partial charge is 0.335 e. The average molecular weight is 326 g/mol. The van der Waals surface area contributed by atoms with E-state index in [2.05, 4.69) is 37.7 Å². The fourth-order valence-electron chi connectivity index (χ4n) is 2.16. The maximum atomic E-state index is 14.1. The zero-order chi connectivity index (χ0) is 13.8. The molecule has 5 heteroatoms. The lowest BCUT2D eigenvalue weighted by Gasteiger charge is -2.18. The van der Waals surface area contributed by atoms with Crippen molar-refractivity contribution in [2.24, 2.45) is 0 Å². The molecule has 2 aromatic rings. The van der Waals surface area contributed by atoms with Crippen LogP contribution in [-0.4, -0.2) is 16.6 Å². The van der Waals surface area contributed by atoms with E-state index in [4.69, 9.17) is 0 Å². The summed E-state index contributed by atoms with van der Waals surface area (Å²) < 4.78 is 16.7. The molecule has 3 nitrogen and oxygen atoms in total. The SMILES string of the molecule is CCn1ccnc1CC(NC)c1cccc(Br)c1F. The van der Waals surface area contributed by atoms with E-state index >= 15 is 0 Å². The molecule has 0 spiro atoms. The Morgan fingerprint density at radius 2 is 2.26 bits per heavy atom. The summed E-state index contributed by atoms with van der Waals surface area (Å²) in [6.45, 7) is 2.94. The van der Waals surface area contributed by atoms with Gasteiger partial charge < -0.3 is 9.88 Å². The molecule has 1 aromatic heterocycles. The number of imidazole rings is 1. The Kier molecular flexibility index (Phi) is 4.71. The van der Waals surface area contributed by atoms with Gasteiger partial charge in [-0.25, -0.2) is 9.37 Å². The first-order valence-electron chi connectivity index (χ1n) is 6.28. The molecule has 2 rings (SSSR count). The fourth-order valence-corrected chi connectivity index (χ4v) is 2.54. The minimum Gasteiger partial charge on any atom is -0.335 e. The van der Waals surface area contributed by atoms with Crippen LogP contribution in [0.4, 0.5) is 4.39 Å². The van der Waals surface area contributed by atoms with Gasteiger partial charge in [-0.05, 0) is 36.0 Å². The molecular weight excluding hydrogens is 309 g/mol. The second kappa shape index (κ2) is 6.30. The van der Waals surface area contributed by atoms with Crippen molar-refractivity contribution in [1.29, 1.82) is 0 Å². The van der Waals surface area contributed by atoms with Gasteiger partial charge >= 0.3 is 0 Å². The van der Waals surface area contributed by atoms with E-state index in [9.17, 15) is 4.39 Å². The first-order chi connectivity index (χ1) is 9.17. The van der Waals surface area contributed by atoms with Gasteiger partial charge in [-0.2, -0.15) is 0 Å². The van der Waals surface area contributed by atoms with Crippen LogP contribution < -0.4 is 5.32 Å². The van der Waals surface area contributed by atoms with Crippen LogP contribution in [0.5, 0.6) is 0 Å². The molecule has 102 valence electrons. The van der Waals surface area contributed by atoms with Crippen molar-refractivity contribution in [3.05, 3.63) is 52.3 Å². The molecule has 0 radical (unpaired) electrons. The third kappa shape index (κ3) is 3.04. The maximum absolute atomic E-state index is 14.1. The molecule has 0 fully saturated rings. The number of hydrogen-bond acceptors (Lipinski definition) is 2. The summed E-state index contributed by atoms with van der Waals surface area (Å²) in [7, 11) is 1.84. The number of rotatable bonds is 5. The first-order valence-corrected chi connectivity index (χ1v) is 7.07. The summed E-state index contributed by atoms with van der Waals surface area (Å²) in [6, 6.07) is 5.27. The molecule has 0 saturated heterocycles. The number of nitrogens with zero attached hydrogens (tertiary/aromatic N) is 2. The van der Waals surface area contributed by atoms with E-state index in [-0.39, 0.29) is 11.9 Å². The second-order valence-electron chi connectivity index (χ2n) is 4.32. The summed E-state index contributed by atoms with van der Waals surface area (Å²) in [5, 5.41) is 3.16. The highest BCUT2D eigenvalue weighted by Gasteiger charge is 2.18. The molecule has 0 saturated carbocycles. The Labute approximate surface area is 121 Å². The standard InChI is InChI=1S/C14H17BrFN3/c1-3-19-8-7-18-13(19)9-12(17-2)10-5-4-6-11(15)14(10)16/h4-8,12,17H,3,9H2,1-2H3. The van der Waals surface area contributed by atoms with Crippen molar-refractivity contribution < 1.29 is 4.39 Å². The second-order valence-corrected chi connectivity index (χ2v) is 5.17. The van der Waals surface area contributed by atoms with E-state index in [1.54, 1.807) is 18.3 Å². The highest BCUT2D eigenvalue weighted by atomic mass is 79.9. The average Bonchev–Trinajstić information content (AvgIpc) is 2.87. The Morgan fingerprint density at radius 1 is 1.47 bits per heavy atom. The molecule has 1 aromatic carbocycles. The Morgan fingerprint density at radius 3 is 2.95 bits per heavy atom.